The predicted octanol–water partition coefficient (Wildman–Crippen LogP) is 2.37. The van der Waals surface area contributed by atoms with Crippen molar-refractivity contribution in [2.24, 2.45) is 5.10 Å². The van der Waals surface area contributed by atoms with Crippen molar-refractivity contribution < 1.29 is 19.1 Å². The molecule has 1 aromatic rings. The standard InChI is InChI=1S/C17H22BrN3O4/c1-3-7-25-15-13(18)8-11(9-14(15)24-4-2)10-19-21-17(23)16(22)20-12-5-6-12/h8-10,12H,3-7H2,1-2H3,(H,20,22)(H,21,23)/b19-10-. The predicted molar refractivity (Wildman–Crippen MR) is 98.0 cm³/mol. The van der Waals surface area contributed by atoms with Gasteiger partial charge in [-0.25, -0.2) is 5.43 Å². The molecule has 0 saturated heterocycles. The van der Waals surface area contributed by atoms with Crippen LogP contribution in [0, 0.1) is 0 Å². The summed E-state index contributed by atoms with van der Waals surface area (Å²) in [4.78, 5) is 23.1. The van der Waals surface area contributed by atoms with Gasteiger partial charge in [-0.05, 0) is 59.8 Å². The Labute approximate surface area is 155 Å². The molecule has 8 heteroatoms. The topological polar surface area (TPSA) is 89.0 Å². The van der Waals surface area contributed by atoms with E-state index in [9.17, 15) is 9.59 Å². The third-order valence-corrected chi connectivity index (χ3v) is 3.87. The van der Waals surface area contributed by atoms with E-state index in [1.807, 2.05) is 13.8 Å². The van der Waals surface area contributed by atoms with Crippen LogP contribution in [0.5, 0.6) is 11.5 Å². The van der Waals surface area contributed by atoms with Crippen molar-refractivity contribution in [2.45, 2.75) is 39.2 Å². The molecule has 2 amide bonds. The van der Waals surface area contributed by atoms with Crippen LogP contribution in [-0.2, 0) is 9.59 Å². The first-order chi connectivity index (χ1) is 12.0. The van der Waals surface area contributed by atoms with Gasteiger partial charge >= 0.3 is 11.8 Å². The Morgan fingerprint density at radius 1 is 1.28 bits per heavy atom. The highest BCUT2D eigenvalue weighted by molar-refractivity contribution is 9.10. The minimum Gasteiger partial charge on any atom is -0.490 e. The molecule has 0 unspecified atom stereocenters. The third-order valence-electron chi connectivity index (χ3n) is 3.28. The zero-order valence-corrected chi connectivity index (χ0v) is 15.9. The molecule has 0 spiro atoms. The lowest BCUT2D eigenvalue weighted by atomic mass is 10.2. The second-order valence-electron chi connectivity index (χ2n) is 5.56. The van der Waals surface area contributed by atoms with Crippen molar-refractivity contribution in [3.63, 3.8) is 0 Å². The van der Waals surface area contributed by atoms with E-state index in [0.717, 1.165) is 23.7 Å². The monoisotopic (exact) mass is 411 g/mol. The molecule has 1 aromatic carbocycles. The molecule has 0 bridgehead atoms. The van der Waals surface area contributed by atoms with E-state index in [2.05, 4.69) is 31.8 Å². The minimum absolute atomic E-state index is 0.127. The summed E-state index contributed by atoms with van der Waals surface area (Å²) >= 11 is 3.46. The summed E-state index contributed by atoms with van der Waals surface area (Å²) in [7, 11) is 0. The van der Waals surface area contributed by atoms with Crippen LogP contribution in [0.4, 0.5) is 0 Å². The van der Waals surface area contributed by atoms with Crippen molar-refractivity contribution in [1.82, 2.24) is 10.7 Å². The van der Waals surface area contributed by atoms with Crippen LogP contribution in [0.1, 0.15) is 38.7 Å². The summed E-state index contributed by atoms with van der Waals surface area (Å²) in [6, 6.07) is 3.69. The Bertz CT molecular complexity index is 660. The summed E-state index contributed by atoms with van der Waals surface area (Å²) in [6.45, 7) is 4.99. The molecule has 25 heavy (non-hydrogen) atoms. The fourth-order valence-electron chi connectivity index (χ4n) is 1.96. The van der Waals surface area contributed by atoms with Gasteiger partial charge < -0.3 is 14.8 Å². The van der Waals surface area contributed by atoms with E-state index in [1.54, 1.807) is 12.1 Å². The first kappa shape index (κ1) is 19.2. The largest absolute Gasteiger partial charge is 0.490 e. The average molecular weight is 412 g/mol. The van der Waals surface area contributed by atoms with Gasteiger partial charge in [0.05, 0.1) is 23.9 Å². The number of hydrazone groups is 1. The summed E-state index contributed by atoms with van der Waals surface area (Å²) in [5.41, 5.74) is 2.91. The molecule has 2 N–H and O–H groups in total. The number of carbonyl (C=O) groups is 2. The fraction of sp³-hybridized carbons (Fsp3) is 0.471. The van der Waals surface area contributed by atoms with Gasteiger partial charge in [0.2, 0.25) is 0 Å². The molecular weight excluding hydrogens is 390 g/mol. The normalized spacial score (nSPS) is 13.6. The number of rotatable bonds is 8. The highest BCUT2D eigenvalue weighted by atomic mass is 79.9. The number of hydrogen-bond donors (Lipinski definition) is 2. The van der Waals surface area contributed by atoms with Crippen LogP contribution >= 0.6 is 15.9 Å². The van der Waals surface area contributed by atoms with Crippen molar-refractivity contribution in [2.75, 3.05) is 13.2 Å². The number of ether oxygens (including phenoxy) is 2. The second kappa shape index (κ2) is 9.41. The van der Waals surface area contributed by atoms with E-state index in [-0.39, 0.29) is 6.04 Å². The lowest BCUT2D eigenvalue weighted by Crippen LogP contribution is -2.38. The number of benzene rings is 1. The van der Waals surface area contributed by atoms with Crippen LogP contribution in [0.25, 0.3) is 0 Å². The first-order valence-electron chi connectivity index (χ1n) is 8.28. The van der Waals surface area contributed by atoms with Crippen LogP contribution in [0.3, 0.4) is 0 Å². The number of nitrogens with zero attached hydrogens (tertiary/aromatic N) is 1. The van der Waals surface area contributed by atoms with Crippen molar-refractivity contribution in [3.8, 4) is 11.5 Å². The van der Waals surface area contributed by atoms with E-state index in [4.69, 9.17) is 9.47 Å². The van der Waals surface area contributed by atoms with Gasteiger partial charge in [-0.1, -0.05) is 6.92 Å². The second-order valence-corrected chi connectivity index (χ2v) is 6.41. The molecule has 1 saturated carbocycles. The maximum absolute atomic E-state index is 11.6. The lowest BCUT2D eigenvalue weighted by molar-refractivity contribution is -0.139. The van der Waals surface area contributed by atoms with Gasteiger partial charge in [-0.15, -0.1) is 0 Å². The number of halogens is 1. The molecule has 1 aliphatic rings. The van der Waals surface area contributed by atoms with Gasteiger partial charge in [0.25, 0.3) is 0 Å². The maximum atomic E-state index is 11.6. The molecule has 7 nitrogen and oxygen atoms in total. The van der Waals surface area contributed by atoms with E-state index in [0.29, 0.717) is 30.3 Å². The van der Waals surface area contributed by atoms with E-state index in [1.165, 1.54) is 6.21 Å². The van der Waals surface area contributed by atoms with Gasteiger partial charge in [0, 0.05) is 6.04 Å². The molecular formula is C17H22BrN3O4. The van der Waals surface area contributed by atoms with Gasteiger partial charge in [0.15, 0.2) is 11.5 Å². The lowest BCUT2D eigenvalue weighted by Gasteiger charge is -2.14. The highest BCUT2D eigenvalue weighted by Crippen LogP contribution is 2.36. The van der Waals surface area contributed by atoms with Crippen molar-refractivity contribution in [3.05, 3.63) is 22.2 Å². The maximum Gasteiger partial charge on any atom is 0.329 e. The summed E-state index contributed by atoms with van der Waals surface area (Å²) in [5, 5.41) is 6.42. The number of hydrogen-bond acceptors (Lipinski definition) is 5. The number of amides is 2. The smallest absolute Gasteiger partial charge is 0.329 e. The Morgan fingerprint density at radius 3 is 2.68 bits per heavy atom. The molecule has 1 aliphatic carbocycles. The van der Waals surface area contributed by atoms with Crippen LogP contribution in [-0.4, -0.2) is 37.3 Å². The molecule has 136 valence electrons. The minimum atomic E-state index is -0.782. The van der Waals surface area contributed by atoms with Gasteiger partial charge in [0.1, 0.15) is 0 Å². The first-order valence-corrected chi connectivity index (χ1v) is 9.07. The van der Waals surface area contributed by atoms with Crippen molar-refractivity contribution >= 4 is 34.0 Å². The number of carbonyl (C=O) groups excluding carboxylic acids is 2. The van der Waals surface area contributed by atoms with Gasteiger partial charge in [-0.2, -0.15) is 5.10 Å². The quantitative estimate of drug-likeness (QED) is 0.390. The number of nitrogens with one attached hydrogen (secondary N) is 2. The Kier molecular flexibility index (Phi) is 7.24. The molecule has 0 atom stereocenters. The fourth-order valence-corrected chi connectivity index (χ4v) is 2.54. The molecule has 0 aromatic heterocycles. The highest BCUT2D eigenvalue weighted by Gasteiger charge is 2.26. The van der Waals surface area contributed by atoms with Crippen molar-refractivity contribution in [1.29, 1.82) is 0 Å². The van der Waals surface area contributed by atoms with Crippen LogP contribution in [0.15, 0.2) is 21.7 Å². The SMILES string of the molecule is CCCOc1c(Br)cc(/C=N\NC(=O)C(=O)NC2CC2)cc1OCC. The molecule has 0 aliphatic heterocycles. The van der Waals surface area contributed by atoms with Crippen LogP contribution < -0.4 is 20.2 Å². The molecule has 0 radical (unpaired) electrons. The molecule has 0 heterocycles. The Balaban J connectivity index is 2.02. The molecule has 2 rings (SSSR count). The van der Waals surface area contributed by atoms with E-state index < -0.39 is 11.8 Å². The zero-order valence-electron chi connectivity index (χ0n) is 14.3. The van der Waals surface area contributed by atoms with Gasteiger partial charge in [-0.3, -0.25) is 9.59 Å². The summed E-state index contributed by atoms with van der Waals surface area (Å²) in [5.74, 6) is -0.229. The van der Waals surface area contributed by atoms with Crippen LogP contribution in [0.2, 0.25) is 0 Å². The molecule has 1 fully saturated rings. The average Bonchev–Trinajstić information content (AvgIpc) is 3.38. The Morgan fingerprint density at radius 2 is 2.04 bits per heavy atom. The third kappa shape index (κ3) is 6.04. The summed E-state index contributed by atoms with van der Waals surface area (Å²) < 4.78 is 12.0. The zero-order chi connectivity index (χ0) is 18.2. The Hall–Kier alpha value is -2.09. The van der Waals surface area contributed by atoms with E-state index >= 15 is 0 Å². The summed E-state index contributed by atoms with van der Waals surface area (Å²) in [6.07, 6.45) is 4.17.